The van der Waals surface area contributed by atoms with Crippen molar-refractivity contribution in [2.24, 2.45) is 5.92 Å². The van der Waals surface area contributed by atoms with Crippen LogP contribution in [0.4, 0.5) is 30.7 Å². The Bertz CT molecular complexity index is 905. The highest BCUT2D eigenvalue weighted by atomic mass is 19.4. The molecule has 1 saturated carbocycles. The minimum Gasteiger partial charge on any atom is -0.206 e. The van der Waals surface area contributed by atoms with E-state index in [1.54, 1.807) is 0 Å². The SMILES string of the molecule is CCCC1CCC(c2cc(F)c(-c3cc(F)c(C=CC(F)(F)F)c(F)c3)c(F)c2)CC1. The van der Waals surface area contributed by atoms with Crippen LogP contribution in [0.25, 0.3) is 17.2 Å². The molecule has 0 radical (unpaired) electrons. The van der Waals surface area contributed by atoms with Crippen LogP contribution in [0.15, 0.2) is 30.3 Å². The van der Waals surface area contributed by atoms with E-state index in [1.807, 2.05) is 0 Å². The molecule has 0 spiro atoms. The summed E-state index contributed by atoms with van der Waals surface area (Å²) in [6.45, 7) is 2.13. The molecule has 1 aliphatic rings. The third-order valence-electron chi connectivity index (χ3n) is 5.89. The third-order valence-corrected chi connectivity index (χ3v) is 5.89. The molecule has 0 heterocycles. The van der Waals surface area contributed by atoms with Gasteiger partial charge in [-0.15, -0.1) is 0 Å². The van der Waals surface area contributed by atoms with E-state index in [1.165, 1.54) is 12.1 Å². The third kappa shape index (κ3) is 5.69. The highest BCUT2D eigenvalue weighted by molar-refractivity contribution is 5.68. The molecule has 0 unspecified atom stereocenters. The fraction of sp³-hybridized carbons (Fsp3) is 0.417. The molecule has 2 aromatic rings. The molecule has 2 aromatic carbocycles. The van der Waals surface area contributed by atoms with Gasteiger partial charge in [0.05, 0.1) is 5.56 Å². The Kier molecular flexibility index (Phi) is 7.12. The number of rotatable bonds is 5. The Morgan fingerprint density at radius 1 is 0.839 bits per heavy atom. The van der Waals surface area contributed by atoms with Gasteiger partial charge in [-0.3, -0.25) is 0 Å². The van der Waals surface area contributed by atoms with Crippen molar-refractivity contribution in [3.05, 3.63) is 64.7 Å². The van der Waals surface area contributed by atoms with Crippen molar-refractivity contribution < 1.29 is 30.7 Å². The number of hydrogen-bond donors (Lipinski definition) is 0. The van der Waals surface area contributed by atoms with Crippen LogP contribution < -0.4 is 0 Å². The quantitative estimate of drug-likeness (QED) is 0.405. The first-order chi connectivity index (χ1) is 14.6. The Hall–Kier alpha value is -2.31. The lowest BCUT2D eigenvalue weighted by atomic mass is 9.77. The molecule has 31 heavy (non-hydrogen) atoms. The largest absolute Gasteiger partial charge is 0.409 e. The molecule has 0 nitrogen and oxygen atoms in total. The Morgan fingerprint density at radius 3 is 1.87 bits per heavy atom. The summed E-state index contributed by atoms with van der Waals surface area (Å²) in [5.74, 6) is -3.94. The molecule has 1 aliphatic carbocycles. The fourth-order valence-electron chi connectivity index (χ4n) is 4.36. The van der Waals surface area contributed by atoms with Crippen LogP contribution in [-0.2, 0) is 0 Å². The number of benzene rings is 2. The van der Waals surface area contributed by atoms with Crippen molar-refractivity contribution in [3.63, 3.8) is 0 Å². The summed E-state index contributed by atoms with van der Waals surface area (Å²) in [5, 5.41) is 0. The van der Waals surface area contributed by atoms with Crippen LogP contribution in [0.2, 0.25) is 0 Å². The molecular formula is C24H23F7. The smallest absolute Gasteiger partial charge is 0.206 e. The Morgan fingerprint density at radius 2 is 1.39 bits per heavy atom. The van der Waals surface area contributed by atoms with Crippen molar-refractivity contribution in [3.8, 4) is 11.1 Å². The predicted molar refractivity (Wildman–Crippen MR) is 106 cm³/mol. The van der Waals surface area contributed by atoms with Crippen LogP contribution >= 0.6 is 0 Å². The zero-order chi connectivity index (χ0) is 22.8. The van der Waals surface area contributed by atoms with Gasteiger partial charge in [-0.1, -0.05) is 19.8 Å². The normalized spacial score (nSPS) is 19.9. The number of alkyl halides is 3. The molecule has 1 fully saturated rings. The monoisotopic (exact) mass is 444 g/mol. The fourth-order valence-corrected chi connectivity index (χ4v) is 4.36. The predicted octanol–water partition coefficient (Wildman–Crippen LogP) is 8.56. The lowest BCUT2D eigenvalue weighted by Gasteiger charge is -2.29. The average Bonchev–Trinajstić information content (AvgIpc) is 2.67. The van der Waals surface area contributed by atoms with Gasteiger partial charge in [0.25, 0.3) is 0 Å². The number of halogens is 7. The average molecular weight is 444 g/mol. The first-order valence-corrected chi connectivity index (χ1v) is 10.3. The lowest BCUT2D eigenvalue weighted by Crippen LogP contribution is -2.13. The minimum atomic E-state index is -4.75. The molecule has 0 atom stereocenters. The lowest BCUT2D eigenvalue weighted by molar-refractivity contribution is -0.0790. The van der Waals surface area contributed by atoms with Gasteiger partial charge in [-0.2, -0.15) is 13.2 Å². The van der Waals surface area contributed by atoms with E-state index in [2.05, 4.69) is 6.92 Å². The summed E-state index contributed by atoms with van der Waals surface area (Å²) >= 11 is 0. The summed E-state index contributed by atoms with van der Waals surface area (Å²) < 4.78 is 94.8. The summed E-state index contributed by atoms with van der Waals surface area (Å²) in [6, 6.07) is 3.65. The zero-order valence-corrected chi connectivity index (χ0v) is 17.0. The summed E-state index contributed by atoms with van der Waals surface area (Å²) in [4.78, 5) is 0. The summed E-state index contributed by atoms with van der Waals surface area (Å²) in [7, 11) is 0. The van der Waals surface area contributed by atoms with E-state index in [4.69, 9.17) is 0 Å². The summed E-state index contributed by atoms with van der Waals surface area (Å²) in [5.41, 5.74) is -1.43. The molecule has 0 aromatic heterocycles. The minimum absolute atomic E-state index is 0.0227. The van der Waals surface area contributed by atoms with E-state index in [-0.39, 0.29) is 18.1 Å². The first kappa shape index (κ1) is 23.4. The molecular weight excluding hydrogens is 421 g/mol. The van der Waals surface area contributed by atoms with Gasteiger partial charge in [0, 0.05) is 11.6 Å². The van der Waals surface area contributed by atoms with Crippen molar-refractivity contribution in [1.82, 2.24) is 0 Å². The highest BCUT2D eigenvalue weighted by Crippen LogP contribution is 2.39. The summed E-state index contributed by atoms with van der Waals surface area (Å²) in [6.07, 6.45) is 1.07. The molecule has 0 bridgehead atoms. The first-order valence-electron chi connectivity index (χ1n) is 10.3. The number of hydrogen-bond acceptors (Lipinski definition) is 0. The second-order valence-electron chi connectivity index (χ2n) is 8.09. The van der Waals surface area contributed by atoms with E-state index in [0.29, 0.717) is 23.6 Å². The zero-order valence-electron chi connectivity index (χ0n) is 17.0. The molecule has 0 saturated heterocycles. The molecule has 0 N–H and O–H groups in total. The van der Waals surface area contributed by atoms with Gasteiger partial charge in [-0.25, -0.2) is 17.6 Å². The number of allylic oxidation sites excluding steroid dienone is 1. The van der Waals surface area contributed by atoms with Crippen LogP contribution in [0.3, 0.4) is 0 Å². The van der Waals surface area contributed by atoms with Crippen molar-refractivity contribution in [1.29, 1.82) is 0 Å². The van der Waals surface area contributed by atoms with Gasteiger partial charge >= 0.3 is 6.18 Å². The highest BCUT2D eigenvalue weighted by Gasteiger charge is 2.26. The van der Waals surface area contributed by atoms with Crippen LogP contribution in [0.1, 0.15) is 62.5 Å². The van der Waals surface area contributed by atoms with Crippen LogP contribution in [0, 0.1) is 29.2 Å². The molecule has 0 aliphatic heterocycles. The van der Waals surface area contributed by atoms with Gasteiger partial charge in [0.1, 0.15) is 23.3 Å². The molecule has 168 valence electrons. The van der Waals surface area contributed by atoms with Crippen molar-refractivity contribution in [2.45, 2.75) is 57.5 Å². The molecule has 0 amide bonds. The second kappa shape index (κ2) is 9.45. The van der Waals surface area contributed by atoms with Crippen LogP contribution in [-0.4, -0.2) is 6.18 Å². The Labute approximate surface area is 176 Å². The maximum atomic E-state index is 14.8. The second-order valence-corrected chi connectivity index (χ2v) is 8.09. The van der Waals surface area contributed by atoms with E-state index in [9.17, 15) is 30.7 Å². The van der Waals surface area contributed by atoms with Gasteiger partial charge in [0.15, 0.2) is 0 Å². The molecule has 7 heteroatoms. The Balaban J connectivity index is 1.88. The standard InChI is InChI=1S/C24H23F7/c1-2-3-14-4-6-15(7-5-14)16-10-21(27)23(22(28)11-16)17-12-19(25)18(20(26)13-17)8-9-24(29,30)31/h8-15H,2-7H2,1H3. The van der Waals surface area contributed by atoms with E-state index < -0.39 is 46.1 Å². The van der Waals surface area contributed by atoms with E-state index >= 15 is 0 Å². The van der Waals surface area contributed by atoms with Crippen LogP contribution in [0.5, 0.6) is 0 Å². The van der Waals surface area contributed by atoms with Gasteiger partial charge in [-0.05, 0) is 79.0 Å². The van der Waals surface area contributed by atoms with E-state index in [0.717, 1.165) is 38.5 Å². The van der Waals surface area contributed by atoms with Gasteiger partial charge in [0.2, 0.25) is 0 Å². The molecule has 3 rings (SSSR count). The maximum Gasteiger partial charge on any atom is 0.409 e. The maximum absolute atomic E-state index is 14.8. The topological polar surface area (TPSA) is 0 Å². The van der Waals surface area contributed by atoms with Crippen molar-refractivity contribution >= 4 is 6.08 Å². The van der Waals surface area contributed by atoms with Gasteiger partial charge < -0.3 is 0 Å². The van der Waals surface area contributed by atoms with Crippen molar-refractivity contribution in [2.75, 3.05) is 0 Å².